The molecule has 2 atom stereocenters. The second-order valence-electron chi connectivity index (χ2n) is 4.90. The van der Waals surface area contributed by atoms with Crippen molar-refractivity contribution >= 4 is 0 Å². The summed E-state index contributed by atoms with van der Waals surface area (Å²) in [7, 11) is 0. The molecule has 2 unspecified atom stereocenters. The summed E-state index contributed by atoms with van der Waals surface area (Å²) in [5.74, 6) is 0. The molecule has 1 aliphatic rings. The molecule has 98 valence electrons. The first-order valence-electron chi connectivity index (χ1n) is 6.67. The molecule has 2 N–H and O–H groups in total. The number of hydrogen-bond donors (Lipinski definition) is 1. The lowest BCUT2D eigenvalue weighted by Crippen LogP contribution is -2.46. The lowest BCUT2D eigenvalue weighted by Gasteiger charge is -2.35. The third-order valence-corrected chi connectivity index (χ3v) is 3.74. The van der Waals surface area contributed by atoms with E-state index in [9.17, 15) is 0 Å². The van der Waals surface area contributed by atoms with Gasteiger partial charge >= 0.3 is 0 Å². The lowest BCUT2D eigenvalue weighted by molar-refractivity contribution is -0.00952. The maximum atomic E-state index is 9.01. The molecule has 4 nitrogen and oxygen atoms in total. The highest BCUT2D eigenvalue weighted by molar-refractivity contribution is 5.03. The van der Waals surface area contributed by atoms with Crippen LogP contribution in [0.3, 0.4) is 0 Å². The van der Waals surface area contributed by atoms with E-state index in [-0.39, 0.29) is 0 Å². The molecule has 1 rings (SSSR count). The van der Waals surface area contributed by atoms with Crippen molar-refractivity contribution in [3.8, 4) is 6.07 Å². The molecule has 0 aliphatic carbocycles. The van der Waals surface area contributed by atoms with Crippen LogP contribution < -0.4 is 5.73 Å². The minimum absolute atomic E-state index is 0.541. The summed E-state index contributed by atoms with van der Waals surface area (Å²) in [5.41, 5.74) is 5.34. The fourth-order valence-corrected chi connectivity index (χ4v) is 2.27. The van der Waals surface area contributed by atoms with Crippen molar-refractivity contribution in [3.63, 3.8) is 0 Å². The lowest BCUT2D eigenvalue weighted by atomic mass is 9.93. The van der Waals surface area contributed by atoms with Gasteiger partial charge in [-0.1, -0.05) is 13.8 Å². The minimum Gasteiger partial charge on any atom is -0.378 e. The Morgan fingerprint density at radius 1 is 1.53 bits per heavy atom. The van der Waals surface area contributed by atoms with Gasteiger partial charge in [0.05, 0.1) is 19.3 Å². The standard InChI is InChI=1S/C13H25N3O/c1-3-12-10-17-9-8-16(12)7-5-6-13(15,4-2)11-14/h12H,3-10,15H2,1-2H3. The first-order chi connectivity index (χ1) is 8.15. The molecule has 0 radical (unpaired) electrons. The van der Waals surface area contributed by atoms with Crippen LogP contribution in [0.25, 0.3) is 0 Å². The van der Waals surface area contributed by atoms with E-state index in [4.69, 9.17) is 15.7 Å². The second kappa shape index (κ2) is 6.95. The SMILES string of the molecule is CCC1COCCN1CCCC(N)(C#N)CC. The van der Waals surface area contributed by atoms with Gasteiger partial charge in [0.25, 0.3) is 0 Å². The van der Waals surface area contributed by atoms with Crippen molar-refractivity contribution < 1.29 is 4.74 Å². The Kier molecular flexibility index (Phi) is 5.90. The maximum Gasteiger partial charge on any atom is 0.104 e. The van der Waals surface area contributed by atoms with Crippen LogP contribution in [0.5, 0.6) is 0 Å². The number of morpholine rings is 1. The Bertz CT molecular complexity index is 264. The van der Waals surface area contributed by atoms with Crippen molar-refractivity contribution in [2.45, 2.75) is 51.1 Å². The van der Waals surface area contributed by atoms with Crippen molar-refractivity contribution in [2.75, 3.05) is 26.3 Å². The average Bonchev–Trinajstić information content (AvgIpc) is 2.39. The van der Waals surface area contributed by atoms with Gasteiger partial charge in [-0.05, 0) is 32.2 Å². The van der Waals surface area contributed by atoms with E-state index in [1.54, 1.807) is 0 Å². The molecule has 1 aliphatic heterocycles. The third kappa shape index (κ3) is 4.27. The van der Waals surface area contributed by atoms with Crippen LogP contribution in [0.1, 0.15) is 39.5 Å². The van der Waals surface area contributed by atoms with Gasteiger partial charge in [-0.15, -0.1) is 0 Å². The molecular formula is C13H25N3O. The van der Waals surface area contributed by atoms with Gasteiger partial charge in [-0.3, -0.25) is 4.90 Å². The molecular weight excluding hydrogens is 214 g/mol. The Balaban J connectivity index is 2.32. The number of nitriles is 1. The van der Waals surface area contributed by atoms with E-state index in [2.05, 4.69) is 17.9 Å². The van der Waals surface area contributed by atoms with Crippen LogP contribution >= 0.6 is 0 Å². The van der Waals surface area contributed by atoms with Crippen molar-refractivity contribution in [1.82, 2.24) is 4.90 Å². The Morgan fingerprint density at radius 3 is 2.88 bits per heavy atom. The molecule has 0 bridgehead atoms. The molecule has 17 heavy (non-hydrogen) atoms. The van der Waals surface area contributed by atoms with Gasteiger partial charge in [-0.2, -0.15) is 5.26 Å². The van der Waals surface area contributed by atoms with Crippen LogP contribution in [0.15, 0.2) is 0 Å². The predicted octanol–water partition coefficient (Wildman–Crippen LogP) is 1.51. The first-order valence-corrected chi connectivity index (χ1v) is 6.67. The van der Waals surface area contributed by atoms with Gasteiger partial charge in [0.2, 0.25) is 0 Å². The van der Waals surface area contributed by atoms with Crippen LogP contribution in [0.4, 0.5) is 0 Å². The number of ether oxygens (including phenoxy) is 1. The molecule has 0 aromatic carbocycles. The van der Waals surface area contributed by atoms with Gasteiger partial charge in [-0.25, -0.2) is 0 Å². The van der Waals surface area contributed by atoms with Gasteiger partial charge in [0, 0.05) is 12.6 Å². The third-order valence-electron chi connectivity index (χ3n) is 3.74. The normalized spacial score (nSPS) is 25.2. The fourth-order valence-electron chi connectivity index (χ4n) is 2.27. The number of hydrogen-bond acceptors (Lipinski definition) is 4. The highest BCUT2D eigenvalue weighted by Crippen LogP contribution is 2.16. The first kappa shape index (κ1) is 14.4. The Morgan fingerprint density at radius 2 is 2.29 bits per heavy atom. The molecule has 1 fully saturated rings. The van der Waals surface area contributed by atoms with Crippen LogP contribution in [-0.4, -0.2) is 42.8 Å². The highest BCUT2D eigenvalue weighted by Gasteiger charge is 2.24. The molecule has 1 heterocycles. The molecule has 0 amide bonds. The summed E-state index contributed by atoms with van der Waals surface area (Å²) >= 11 is 0. The van der Waals surface area contributed by atoms with Crippen molar-refractivity contribution in [3.05, 3.63) is 0 Å². The van der Waals surface area contributed by atoms with Gasteiger partial charge in [0.1, 0.15) is 5.54 Å². The van der Waals surface area contributed by atoms with E-state index in [0.29, 0.717) is 6.04 Å². The zero-order valence-corrected chi connectivity index (χ0v) is 11.1. The average molecular weight is 239 g/mol. The number of nitrogens with two attached hydrogens (primary N) is 1. The van der Waals surface area contributed by atoms with Gasteiger partial charge in [0.15, 0.2) is 0 Å². The molecule has 0 aromatic heterocycles. The van der Waals surface area contributed by atoms with E-state index in [0.717, 1.165) is 52.0 Å². The molecule has 0 saturated carbocycles. The smallest absolute Gasteiger partial charge is 0.104 e. The largest absolute Gasteiger partial charge is 0.378 e. The number of nitrogens with zero attached hydrogens (tertiary/aromatic N) is 2. The zero-order chi connectivity index (χ0) is 12.7. The fraction of sp³-hybridized carbons (Fsp3) is 0.923. The number of rotatable bonds is 6. The van der Waals surface area contributed by atoms with E-state index in [1.807, 2.05) is 6.92 Å². The van der Waals surface area contributed by atoms with E-state index in [1.165, 1.54) is 0 Å². The molecule has 1 saturated heterocycles. The van der Waals surface area contributed by atoms with Gasteiger partial charge < -0.3 is 10.5 Å². The summed E-state index contributed by atoms with van der Waals surface area (Å²) in [6.45, 7) is 7.89. The minimum atomic E-state index is -0.631. The van der Waals surface area contributed by atoms with E-state index >= 15 is 0 Å². The molecule has 0 aromatic rings. The van der Waals surface area contributed by atoms with E-state index < -0.39 is 5.54 Å². The van der Waals surface area contributed by atoms with Crippen LogP contribution in [0, 0.1) is 11.3 Å². The predicted molar refractivity (Wildman–Crippen MR) is 68.5 cm³/mol. The zero-order valence-electron chi connectivity index (χ0n) is 11.1. The molecule has 4 heteroatoms. The second-order valence-corrected chi connectivity index (χ2v) is 4.90. The van der Waals surface area contributed by atoms with Crippen molar-refractivity contribution in [1.29, 1.82) is 5.26 Å². The summed E-state index contributed by atoms with van der Waals surface area (Å²) in [4.78, 5) is 2.47. The summed E-state index contributed by atoms with van der Waals surface area (Å²) in [5, 5.41) is 9.01. The Hall–Kier alpha value is -0.630. The monoisotopic (exact) mass is 239 g/mol. The van der Waals surface area contributed by atoms with Crippen LogP contribution in [-0.2, 0) is 4.74 Å². The Labute approximate surface area is 105 Å². The topological polar surface area (TPSA) is 62.3 Å². The summed E-state index contributed by atoms with van der Waals surface area (Å²) in [6.07, 6.45) is 3.63. The quantitative estimate of drug-likeness (QED) is 0.763. The van der Waals surface area contributed by atoms with Crippen molar-refractivity contribution in [2.24, 2.45) is 5.73 Å². The summed E-state index contributed by atoms with van der Waals surface area (Å²) < 4.78 is 5.47. The highest BCUT2D eigenvalue weighted by atomic mass is 16.5. The maximum absolute atomic E-state index is 9.01. The molecule has 0 spiro atoms. The summed E-state index contributed by atoms with van der Waals surface area (Å²) in [6, 6.07) is 2.77. The van der Waals surface area contributed by atoms with Crippen LogP contribution in [0.2, 0.25) is 0 Å².